The van der Waals surface area contributed by atoms with Crippen molar-refractivity contribution in [2.75, 3.05) is 0 Å². The van der Waals surface area contributed by atoms with Gasteiger partial charge in [-0.15, -0.1) is 0 Å². The van der Waals surface area contributed by atoms with Crippen molar-refractivity contribution < 1.29 is 74.6 Å². The molecule has 0 saturated carbocycles. The third-order valence-electron chi connectivity index (χ3n) is 10.2. The van der Waals surface area contributed by atoms with Gasteiger partial charge in [0, 0.05) is 22.3 Å². The maximum absolute atomic E-state index is 16.2. The van der Waals surface area contributed by atoms with Crippen molar-refractivity contribution >= 4 is 0 Å². The molecule has 2 aromatic heterocycles. The van der Waals surface area contributed by atoms with Gasteiger partial charge in [-0.25, -0.2) is 65.0 Å². The van der Waals surface area contributed by atoms with Gasteiger partial charge in [0.15, 0.2) is 81.5 Å². The molecule has 0 aliphatic heterocycles. The Balaban J connectivity index is 1.29. The van der Waals surface area contributed by atoms with Gasteiger partial charge in [-0.05, 0) is 43.3 Å². The summed E-state index contributed by atoms with van der Waals surface area (Å²) in [5.74, 6) is -26.1. The standard InChI is InChI=1S/C46H19F17N6/c1-18-2-4-19(5-3-18)38-64-39(20-6-12-23(13-7-20)44(55,56)57)67-42(66-38)28-34(51)30(47)26(31(48)35(28)52)27-32(49)36(53)29(37(54)33(27)50)43-68-40(21-8-14-24(15-9-21)45(58,59)60)65-41(69-43)22-10-16-25(17-11-22)46(61,62)63/h2-17H,1H3. The van der Waals surface area contributed by atoms with Crippen molar-refractivity contribution in [1.82, 2.24) is 29.9 Å². The van der Waals surface area contributed by atoms with E-state index in [0.717, 1.165) is 36.4 Å². The van der Waals surface area contributed by atoms with Crippen LogP contribution in [0.4, 0.5) is 74.6 Å². The molecule has 0 saturated heterocycles. The molecule has 0 amide bonds. The molecule has 0 aliphatic rings. The molecule has 6 aromatic carbocycles. The van der Waals surface area contributed by atoms with E-state index >= 15 is 35.1 Å². The fourth-order valence-corrected chi connectivity index (χ4v) is 6.71. The maximum atomic E-state index is 16.2. The van der Waals surface area contributed by atoms with E-state index in [2.05, 4.69) is 29.9 Å². The van der Waals surface area contributed by atoms with E-state index in [1.807, 2.05) is 0 Å². The molecular weight excluding hydrogens is 960 g/mol. The zero-order chi connectivity index (χ0) is 50.1. The van der Waals surface area contributed by atoms with Crippen LogP contribution in [0.1, 0.15) is 22.3 Å². The summed E-state index contributed by atoms with van der Waals surface area (Å²) in [5, 5.41) is 0. The number of rotatable bonds is 7. The molecule has 0 bridgehead atoms. The maximum Gasteiger partial charge on any atom is 0.416 e. The van der Waals surface area contributed by atoms with E-state index < -0.39 is 139 Å². The fraction of sp³-hybridized carbons (Fsp3) is 0.0870. The molecule has 8 aromatic rings. The van der Waals surface area contributed by atoms with E-state index in [-0.39, 0.29) is 22.3 Å². The summed E-state index contributed by atoms with van der Waals surface area (Å²) < 4.78 is 249. The average Bonchev–Trinajstić information content (AvgIpc) is 3.31. The van der Waals surface area contributed by atoms with Gasteiger partial charge in [0.1, 0.15) is 0 Å². The summed E-state index contributed by atoms with van der Waals surface area (Å²) in [4.78, 5) is 23.2. The Labute approximate surface area is 374 Å². The van der Waals surface area contributed by atoms with Gasteiger partial charge in [-0.2, -0.15) is 39.5 Å². The first-order valence-electron chi connectivity index (χ1n) is 19.2. The minimum atomic E-state index is -4.87. The number of halogens is 17. The van der Waals surface area contributed by atoms with Crippen LogP contribution in [0.25, 0.3) is 79.5 Å². The lowest BCUT2D eigenvalue weighted by molar-refractivity contribution is -0.138. The Hall–Kier alpha value is -7.85. The third kappa shape index (κ3) is 9.02. The lowest BCUT2D eigenvalue weighted by atomic mass is 9.97. The summed E-state index contributed by atoms with van der Waals surface area (Å²) in [7, 11) is 0. The molecule has 352 valence electrons. The van der Waals surface area contributed by atoms with Gasteiger partial charge in [-0.3, -0.25) is 0 Å². The van der Waals surface area contributed by atoms with Crippen molar-refractivity contribution in [1.29, 1.82) is 0 Å². The molecule has 0 aliphatic carbocycles. The molecule has 8 rings (SSSR count). The Morgan fingerprint density at radius 1 is 0.261 bits per heavy atom. The highest BCUT2D eigenvalue weighted by Crippen LogP contribution is 2.43. The van der Waals surface area contributed by atoms with E-state index in [1.54, 1.807) is 6.92 Å². The highest BCUT2D eigenvalue weighted by Gasteiger charge is 2.38. The minimum absolute atomic E-state index is 0.0853. The molecule has 0 fully saturated rings. The molecule has 0 N–H and O–H groups in total. The van der Waals surface area contributed by atoms with Crippen LogP contribution in [-0.4, -0.2) is 29.9 Å². The number of alkyl halides is 9. The predicted molar refractivity (Wildman–Crippen MR) is 211 cm³/mol. The van der Waals surface area contributed by atoms with Crippen LogP contribution in [0.5, 0.6) is 0 Å². The third-order valence-corrected chi connectivity index (χ3v) is 10.2. The molecule has 0 radical (unpaired) electrons. The van der Waals surface area contributed by atoms with Crippen molar-refractivity contribution in [3.63, 3.8) is 0 Å². The van der Waals surface area contributed by atoms with E-state index in [4.69, 9.17) is 0 Å². The molecular formula is C46H19F17N6. The Morgan fingerprint density at radius 3 is 0.667 bits per heavy atom. The molecule has 23 heteroatoms. The number of benzene rings is 6. The van der Waals surface area contributed by atoms with Crippen molar-refractivity contribution in [2.24, 2.45) is 0 Å². The van der Waals surface area contributed by atoms with Crippen LogP contribution in [0.3, 0.4) is 0 Å². The molecule has 6 nitrogen and oxygen atoms in total. The quantitative estimate of drug-likeness (QED) is 0.117. The summed E-state index contributed by atoms with van der Waals surface area (Å²) in [6, 6.07) is 13.8. The Morgan fingerprint density at radius 2 is 0.449 bits per heavy atom. The number of hydrogen-bond donors (Lipinski definition) is 0. The van der Waals surface area contributed by atoms with Crippen LogP contribution in [0, 0.1) is 53.5 Å². The van der Waals surface area contributed by atoms with Gasteiger partial charge >= 0.3 is 18.5 Å². The summed E-state index contributed by atoms with van der Waals surface area (Å²) >= 11 is 0. The van der Waals surface area contributed by atoms with Gasteiger partial charge in [0.2, 0.25) is 0 Å². The number of aromatic nitrogens is 6. The highest BCUT2D eigenvalue weighted by molar-refractivity contribution is 5.77. The molecule has 2 heterocycles. The monoisotopic (exact) mass is 978 g/mol. The van der Waals surface area contributed by atoms with Crippen molar-refractivity contribution in [3.05, 3.63) is 166 Å². The predicted octanol–water partition coefficient (Wildman–Crippen LogP) is 14.2. The average molecular weight is 979 g/mol. The van der Waals surface area contributed by atoms with Crippen molar-refractivity contribution in [2.45, 2.75) is 25.5 Å². The van der Waals surface area contributed by atoms with Crippen LogP contribution >= 0.6 is 0 Å². The lowest BCUT2D eigenvalue weighted by Crippen LogP contribution is -2.12. The number of aryl methyl sites for hydroxylation is 1. The van der Waals surface area contributed by atoms with Gasteiger partial charge in [0.25, 0.3) is 0 Å². The van der Waals surface area contributed by atoms with E-state index in [1.165, 1.54) is 24.3 Å². The zero-order valence-electron chi connectivity index (χ0n) is 33.8. The highest BCUT2D eigenvalue weighted by atomic mass is 19.4. The van der Waals surface area contributed by atoms with Crippen LogP contribution < -0.4 is 0 Å². The van der Waals surface area contributed by atoms with Crippen LogP contribution in [0.15, 0.2) is 97.1 Å². The molecule has 0 spiro atoms. The second kappa shape index (κ2) is 17.3. The summed E-state index contributed by atoms with van der Waals surface area (Å²) in [5.41, 5.74) is -12.1. The Kier molecular flexibility index (Phi) is 12.0. The van der Waals surface area contributed by atoms with Gasteiger partial charge in [-0.1, -0.05) is 66.2 Å². The second-order valence-corrected chi connectivity index (χ2v) is 14.7. The fourth-order valence-electron chi connectivity index (χ4n) is 6.71. The first-order chi connectivity index (χ1) is 32.3. The number of hydrogen-bond acceptors (Lipinski definition) is 6. The SMILES string of the molecule is Cc1ccc(-c2nc(-c3ccc(C(F)(F)F)cc3)nc(-c3c(F)c(F)c(-c4c(F)c(F)c(-c5nc(-c6ccc(C(F)(F)F)cc6)nc(-c6ccc(C(F)(F)F)cc6)n5)c(F)c4F)c(F)c3F)n2)cc1. The first kappa shape index (κ1) is 47.6. The normalized spacial score (nSPS) is 12.2. The first-order valence-corrected chi connectivity index (χ1v) is 19.2. The van der Waals surface area contributed by atoms with Crippen LogP contribution in [-0.2, 0) is 18.5 Å². The van der Waals surface area contributed by atoms with Gasteiger partial charge in [0.05, 0.1) is 38.9 Å². The lowest BCUT2D eigenvalue weighted by Gasteiger charge is -2.16. The topological polar surface area (TPSA) is 77.3 Å². The smallest absolute Gasteiger partial charge is 0.208 e. The Bertz CT molecular complexity index is 3160. The van der Waals surface area contributed by atoms with Crippen molar-refractivity contribution in [3.8, 4) is 79.5 Å². The van der Waals surface area contributed by atoms with Gasteiger partial charge < -0.3 is 0 Å². The summed E-state index contributed by atoms with van der Waals surface area (Å²) in [6.45, 7) is 1.67. The molecule has 69 heavy (non-hydrogen) atoms. The minimum Gasteiger partial charge on any atom is -0.208 e. The molecule has 0 atom stereocenters. The van der Waals surface area contributed by atoms with Crippen LogP contribution in [0.2, 0.25) is 0 Å². The second-order valence-electron chi connectivity index (χ2n) is 14.7. The van der Waals surface area contributed by atoms with E-state index in [0.29, 0.717) is 42.0 Å². The van der Waals surface area contributed by atoms with E-state index in [9.17, 15) is 39.5 Å². The largest absolute Gasteiger partial charge is 0.416 e. The number of nitrogens with zero attached hydrogens (tertiary/aromatic N) is 6. The molecule has 0 unspecified atom stereocenters. The zero-order valence-corrected chi connectivity index (χ0v) is 33.8. The summed E-state index contributed by atoms with van der Waals surface area (Å²) in [6.07, 6.45) is -14.6.